The lowest BCUT2D eigenvalue weighted by Gasteiger charge is -2.35. The molecule has 296 valence electrons. The summed E-state index contributed by atoms with van der Waals surface area (Å²) in [5.74, 6) is -2.83. The number of nitrogens with zero attached hydrogens (tertiary/aromatic N) is 8. The number of hydrogen-bond acceptors (Lipinski definition) is 10. The van der Waals surface area contributed by atoms with E-state index in [1.54, 1.807) is 9.80 Å². The Kier molecular flexibility index (Phi) is 11.6. The number of anilines is 2. The van der Waals surface area contributed by atoms with E-state index in [0.717, 1.165) is 33.4 Å². The number of rotatable bonds is 5. The number of hydrogen-bond donors (Lipinski definition) is 2. The van der Waals surface area contributed by atoms with E-state index < -0.39 is 69.1 Å². The summed E-state index contributed by atoms with van der Waals surface area (Å²) in [5, 5.41) is 11.9. The van der Waals surface area contributed by atoms with Crippen molar-refractivity contribution in [3.05, 3.63) is 112 Å². The van der Waals surface area contributed by atoms with Crippen molar-refractivity contribution in [2.75, 3.05) is 62.2 Å². The van der Waals surface area contributed by atoms with Crippen LogP contribution in [0.25, 0.3) is 0 Å². The van der Waals surface area contributed by atoms with Crippen molar-refractivity contribution in [2.45, 2.75) is 18.9 Å². The number of aromatic nitrogens is 6. The molecule has 4 aromatic rings. The Balaban J connectivity index is 0.000000211. The number of alkyl halides is 6. The van der Waals surface area contributed by atoms with E-state index in [1.165, 1.54) is 23.9 Å². The van der Waals surface area contributed by atoms with Crippen molar-refractivity contribution < 1.29 is 39.9 Å². The van der Waals surface area contributed by atoms with Crippen LogP contribution in [0.15, 0.2) is 55.6 Å². The molecule has 1 amide bonds. The highest BCUT2D eigenvalue weighted by atomic mass is 19.4. The first kappa shape index (κ1) is 40.3. The number of H-pyrrole nitrogens is 2. The lowest BCUT2D eigenvalue weighted by atomic mass is 10.0. The van der Waals surface area contributed by atoms with E-state index in [-0.39, 0.29) is 56.0 Å². The molecular weight excluding hydrogens is 756 g/mol. The van der Waals surface area contributed by atoms with Crippen LogP contribution in [-0.2, 0) is 33.0 Å². The van der Waals surface area contributed by atoms with E-state index in [2.05, 4.69) is 20.4 Å². The Hall–Kier alpha value is -5.87. The van der Waals surface area contributed by atoms with Crippen LogP contribution in [-0.4, -0.2) is 97.6 Å². The Bertz CT molecular complexity index is 2290. The SMILES string of the molecule is Cn1c(=O)[nH]nc(N2CCN(C(=O)c3ccc(F)cc3C(F)(F)F)CC2)c1=O.Cn1c(=O)[nH]nc(N2CCN(Cc3ccc(F)cc3C(F)(F)F)CC2)c1=O. The van der Waals surface area contributed by atoms with Gasteiger partial charge in [-0.05, 0) is 35.9 Å². The fourth-order valence-corrected chi connectivity index (χ4v) is 5.88. The fraction of sp³-hybridized carbons (Fsp3) is 0.406. The first-order valence-electron chi connectivity index (χ1n) is 16.3. The van der Waals surface area contributed by atoms with Crippen LogP contribution >= 0.6 is 0 Å². The maximum absolute atomic E-state index is 13.2. The second kappa shape index (κ2) is 15.8. The quantitative estimate of drug-likeness (QED) is 0.284. The Morgan fingerprint density at radius 3 is 1.56 bits per heavy atom. The van der Waals surface area contributed by atoms with Gasteiger partial charge in [0, 0.05) is 73.0 Å². The second-order valence-electron chi connectivity index (χ2n) is 12.5. The van der Waals surface area contributed by atoms with Gasteiger partial charge in [0.2, 0.25) is 11.6 Å². The third-order valence-corrected chi connectivity index (χ3v) is 8.94. The average Bonchev–Trinajstić information content (AvgIpc) is 3.13. The molecule has 0 spiro atoms. The number of carbonyl (C=O) groups excluding carboxylic acids is 1. The van der Waals surface area contributed by atoms with Gasteiger partial charge < -0.3 is 14.7 Å². The van der Waals surface area contributed by atoms with Gasteiger partial charge in [-0.3, -0.25) is 28.4 Å². The molecular formula is C32H32F8N10O5. The number of aromatic amines is 2. The number of carbonyl (C=O) groups is 1. The van der Waals surface area contributed by atoms with Gasteiger partial charge in [0.25, 0.3) is 17.0 Å². The van der Waals surface area contributed by atoms with E-state index in [1.807, 2.05) is 0 Å². The molecule has 0 aliphatic carbocycles. The highest BCUT2D eigenvalue weighted by molar-refractivity contribution is 5.96. The number of benzene rings is 2. The molecule has 2 aliphatic rings. The summed E-state index contributed by atoms with van der Waals surface area (Å²) < 4.78 is 107. The van der Waals surface area contributed by atoms with Crippen LogP contribution in [0, 0.1) is 11.6 Å². The maximum Gasteiger partial charge on any atom is 0.417 e. The third-order valence-electron chi connectivity index (χ3n) is 8.94. The Morgan fingerprint density at radius 2 is 1.09 bits per heavy atom. The summed E-state index contributed by atoms with van der Waals surface area (Å²) in [7, 11) is 2.61. The molecule has 2 saturated heterocycles. The number of halogens is 8. The molecule has 2 aromatic heterocycles. The van der Waals surface area contributed by atoms with Crippen LogP contribution in [0.4, 0.5) is 46.8 Å². The zero-order valence-electron chi connectivity index (χ0n) is 29.0. The summed E-state index contributed by atoms with van der Waals surface area (Å²) in [6.45, 7) is 1.81. The topological polar surface area (TPSA) is 166 Å². The highest BCUT2D eigenvalue weighted by Crippen LogP contribution is 2.34. The molecule has 0 unspecified atom stereocenters. The van der Waals surface area contributed by atoms with Gasteiger partial charge >= 0.3 is 23.7 Å². The summed E-state index contributed by atoms with van der Waals surface area (Å²) in [6.07, 6.45) is -9.51. The molecule has 2 fully saturated rings. The lowest BCUT2D eigenvalue weighted by Crippen LogP contribution is -2.51. The zero-order valence-corrected chi connectivity index (χ0v) is 29.0. The molecule has 55 heavy (non-hydrogen) atoms. The molecule has 6 rings (SSSR count). The predicted molar refractivity (Wildman–Crippen MR) is 179 cm³/mol. The maximum atomic E-state index is 13.2. The van der Waals surface area contributed by atoms with Crippen molar-refractivity contribution in [3.63, 3.8) is 0 Å². The molecule has 0 bridgehead atoms. The molecule has 0 radical (unpaired) electrons. The van der Waals surface area contributed by atoms with Crippen LogP contribution in [0.5, 0.6) is 0 Å². The van der Waals surface area contributed by atoms with Crippen molar-refractivity contribution in [1.29, 1.82) is 0 Å². The van der Waals surface area contributed by atoms with E-state index in [0.29, 0.717) is 32.2 Å². The normalized spacial score (nSPS) is 15.5. The Morgan fingerprint density at radius 1 is 0.655 bits per heavy atom. The first-order valence-corrected chi connectivity index (χ1v) is 16.3. The van der Waals surface area contributed by atoms with Crippen LogP contribution in [0.3, 0.4) is 0 Å². The molecule has 0 saturated carbocycles. The molecule has 2 aliphatic heterocycles. The van der Waals surface area contributed by atoms with Gasteiger partial charge in [-0.2, -0.15) is 26.3 Å². The fourth-order valence-electron chi connectivity index (χ4n) is 5.88. The van der Waals surface area contributed by atoms with E-state index in [4.69, 9.17) is 0 Å². The monoisotopic (exact) mass is 788 g/mol. The van der Waals surface area contributed by atoms with Crippen molar-refractivity contribution in [2.24, 2.45) is 14.1 Å². The summed E-state index contributed by atoms with van der Waals surface area (Å²) in [4.78, 5) is 65.7. The number of amides is 1. The molecule has 2 aromatic carbocycles. The molecule has 2 N–H and O–H groups in total. The van der Waals surface area contributed by atoms with Crippen LogP contribution < -0.4 is 32.3 Å². The average molecular weight is 789 g/mol. The molecule has 0 atom stereocenters. The van der Waals surface area contributed by atoms with Crippen LogP contribution in [0.2, 0.25) is 0 Å². The first-order chi connectivity index (χ1) is 25.8. The standard InChI is InChI=1S/C16H15F4N5O3.C16H17F4N5O2/c1-23-14(27)12(21-22-15(23)28)24-4-6-25(7-5-24)13(26)10-3-2-9(17)8-11(10)16(18,19)20;1-23-14(26)13(21-22-15(23)27)25-6-4-24(5-7-25)9-10-2-3-11(17)8-12(10)16(18,19)20/h2-3,8H,4-7H2,1H3,(H,22,28);2-3,8H,4-7,9H2,1H3,(H,22,27). The Labute approximate surface area is 304 Å². The summed E-state index contributed by atoms with van der Waals surface area (Å²) >= 11 is 0. The minimum atomic E-state index is -4.87. The highest BCUT2D eigenvalue weighted by Gasteiger charge is 2.38. The van der Waals surface area contributed by atoms with E-state index in [9.17, 15) is 59.1 Å². The van der Waals surface area contributed by atoms with Crippen molar-refractivity contribution in [1.82, 2.24) is 39.3 Å². The molecule has 4 heterocycles. The second-order valence-corrected chi connectivity index (χ2v) is 12.5. The third kappa shape index (κ3) is 9.09. The minimum Gasteiger partial charge on any atom is -0.348 e. The summed E-state index contributed by atoms with van der Waals surface area (Å²) in [5.41, 5.74) is -5.43. The number of piperazine rings is 2. The van der Waals surface area contributed by atoms with Crippen LogP contribution in [0.1, 0.15) is 27.0 Å². The predicted octanol–water partition coefficient (Wildman–Crippen LogP) is 1.54. The van der Waals surface area contributed by atoms with Crippen molar-refractivity contribution in [3.8, 4) is 0 Å². The zero-order chi connectivity index (χ0) is 40.4. The summed E-state index contributed by atoms with van der Waals surface area (Å²) in [6, 6.07) is 4.55. The van der Waals surface area contributed by atoms with Gasteiger partial charge in [-0.25, -0.2) is 28.6 Å². The molecule has 23 heteroatoms. The lowest BCUT2D eigenvalue weighted by molar-refractivity contribution is -0.139. The smallest absolute Gasteiger partial charge is 0.348 e. The minimum absolute atomic E-state index is 0.00423. The van der Waals surface area contributed by atoms with Gasteiger partial charge in [0.05, 0.1) is 16.7 Å². The molecule has 15 nitrogen and oxygen atoms in total. The van der Waals surface area contributed by atoms with Gasteiger partial charge in [0.1, 0.15) is 11.6 Å². The van der Waals surface area contributed by atoms with Gasteiger partial charge in [-0.1, -0.05) is 6.07 Å². The van der Waals surface area contributed by atoms with Gasteiger partial charge in [0.15, 0.2) is 0 Å². The van der Waals surface area contributed by atoms with Gasteiger partial charge in [-0.15, -0.1) is 10.2 Å². The van der Waals surface area contributed by atoms with E-state index >= 15 is 0 Å². The van der Waals surface area contributed by atoms with Crippen molar-refractivity contribution >= 4 is 17.5 Å². The largest absolute Gasteiger partial charge is 0.417 e. The number of nitrogens with one attached hydrogen (secondary N) is 2.